The molecule has 8 heteroatoms. The fourth-order valence-corrected chi connectivity index (χ4v) is 2.54. The molecule has 0 unspecified atom stereocenters. The fourth-order valence-electron chi connectivity index (χ4n) is 2.54. The number of hydrogen-bond donors (Lipinski definition) is 1. The molecule has 0 saturated carbocycles. The van der Waals surface area contributed by atoms with E-state index >= 15 is 0 Å². The molecule has 2 rings (SSSR count). The van der Waals surface area contributed by atoms with Gasteiger partial charge in [-0.25, -0.2) is 0 Å². The number of hydrogen-bond acceptors (Lipinski definition) is 3. The highest BCUT2D eigenvalue weighted by atomic mass is 19.4. The highest BCUT2D eigenvalue weighted by molar-refractivity contribution is 5.95. The maximum absolute atomic E-state index is 12.2. The van der Waals surface area contributed by atoms with Gasteiger partial charge in [0.2, 0.25) is 5.91 Å². The standard InChI is InChI=1S/C16H20F3N3O2/c1-2-3-14(23)22-10-8-21(9-11-22)13-6-4-12(5-7-13)20-15(24)16(17,18)19/h4-7H,2-3,8-11H2,1H3,(H,20,24). The average molecular weight is 343 g/mol. The minimum atomic E-state index is -4.90. The maximum atomic E-state index is 12.2. The molecule has 1 aromatic rings. The minimum absolute atomic E-state index is 0.0952. The third kappa shape index (κ3) is 4.62. The molecule has 1 saturated heterocycles. The van der Waals surface area contributed by atoms with Crippen molar-refractivity contribution in [3.63, 3.8) is 0 Å². The van der Waals surface area contributed by atoms with Crippen molar-refractivity contribution in [2.45, 2.75) is 25.9 Å². The van der Waals surface area contributed by atoms with Crippen molar-refractivity contribution in [3.8, 4) is 0 Å². The average Bonchev–Trinajstić information content (AvgIpc) is 2.55. The lowest BCUT2D eigenvalue weighted by Gasteiger charge is -2.36. The third-order valence-corrected chi connectivity index (χ3v) is 3.84. The molecule has 1 fully saturated rings. The van der Waals surface area contributed by atoms with Crippen LogP contribution in [0.2, 0.25) is 0 Å². The Balaban J connectivity index is 1.90. The number of amides is 2. The Labute approximate surface area is 138 Å². The molecule has 1 aromatic carbocycles. The van der Waals surface area contributed by atoms with Crippen molar-refractivity contribution in [2.24, 2.45) is 0 Å². The molecule has 0 radical (unpaired) electrons. The zero-order valence-electron chi connectivity index (χ0n) is 13.4. The monoisotopic (exact) mass is 343 g/mol. The molecule has 0 aromatic heterocycles. The van der Waals surface area contributed by atoms with Gasteiger partial charge >= 0.3 is 12.1 Å². The van der Waals surface area contributed by atoms with E-state index in [0.717, 1.165) is 12.1 Å². The number of nitrogens with one attached hydrogen (secondary N) is 1. The van der Waals surface area contributed by atoms with E-state index in [1.54, 1.807) is 12.1 Å². The van der Waals surface area contributed by atoms with E-state index in [1.807, 2.05) is 17.1 Å². The van der Waals surface area contributed by atoms with Crippen molar-refractivity contribution in [3.05, 3.63) is 24.3 Å². The van der Waals surface area contributed by atoms with Gasteiger partial charge < -0.3 is 15.1 Å². The number of carbonyl (C=O) groups is 2. The molecule has 5 nitrogen and oxygen atoms in total. The fraction of sp³-hybridized carbons (Fsp3) is 0.500. The van der Waals surface area contributed by atoms with E-state index in [2.05, 4.69) is 4.90 Å². The summed E-state index contributed by atoms with van der Waals surface area (Å²) < 4.78 is 36.6. The van der Waals surface area contributed by atoms with Gasteiger partial charge in [-0.2, -0.15) is 13.2 Å². The van der Waals surface area contributed by atoms with Crippen LogP contribution in [0.15, 0.2) is 24.3 Å². The Hall–Kier alpha value is -2.25. The van der Waals surface area contributed by atoms with Crippen molar-refractivity contribution in [1.82, 2.24) is 4.90 Å². The van der Waals surface area contributed by atoms with Gasteiger partial charge in [0.15, 0.2) is 0 Å². The summed E-state index contributed by atoms with van der Waals surface area (Å²) in [5.74, 6) is -1.83. The molecule has 1 aliphatic rings. The van der Waals surface area contributed by atoms with Gasteiger partial charge in [0.1, 0.15) is 0 Å². The zero-order valence-corrected chi connectivity index (χ0v) is 13.4. The summed E-state index contributed by atoms with van der Waals surface area (Å²) in [6, 6.07) is 6.20. The third-order valence-electron chi connectivity index (χ3n) is 3.84. The molecule has 1 N–H and O–H groups in total. The maximum Gasteiger partial charge on any atom is 0.471 e. The van der Waals surface area contributed by atoms with Crippen LogP contribution in [-0.2, 0) is 9.59 Å². The first kappa shape index (κ1) is 18.1. The first-order chi connectivity index (χ1) is 11.3. The van der Waals surface area contributed by atoms with Crippen molar-refractivity contribution in [2.75, 3.05) is 36.4 Å². The zero-order chi connectivity index (χ0) is 17.7. The number of halogens is 3. The number of anilines is 2. The molecular weight excluding hydrogens is 323 g/mol. The molecule has 0 spiro atoms. The predicted molar refractivity (Wildman–Crippen MR) is 84.8 cm³/mol. The van der Waals surface area contributed by atoms with Gasteiger partial charge in [0.25, 0.3) is 0 Å². The topological polar surface area (TPSA) is 52.7 Å². The van der Waals surface area contributed by atoms with Gasteiger partial charge in [-0.1, -0.05) is 6.92 Å². The summed E-state index contributed by atoms with van der Waals surface area (Å²) in [6.45, 7) is 4.57. The SMILES string of the molecule is CCCC(=O)N1CCN(c2ccc(NC(=O)C(F)(F)F)cc2)CC1. The van der Waals surface area contributed by atoms with E-state index in [0.29, 0.717) is 32.6 Å². The molecular formula is C16H20F3N3O2. The number of benzene rings is 1. The van der Waals surface area contributed by atoms with Gasteiger partial charge in [-0.05, 0) is 30.7 Å². The van der Waals surface area contributed by atoms with Gasteiger partial charge in [0, 0.05) is 44.0 Å². The van der Waals surface area contributed by atoms with E-state index < -0.39 is 12.1 Å². The van der Waals surface area contributed by atoms with Crippen LogP contribution in [0.1, 0.15) is 19.8 Å². The molecule has 1 aliphatic heterocycles. The second-order valence-corrected chi connectivity index (χ2v) is 5.62. The van der Waals surface area contributed by atoms with Crippen molar-refractivity contribution < 1.29 is 22.8 Å². The summed E-state index contributed by atoms with van der Waals surface area (Å²) >= 11 is 0. The molecule has 2 amide bonds. The summed E-state index contributed by atoms with van der Waals surface area (Å²) in [4.78, 5) is 26.6. The summed E-state index contributed by atoms with van der Waals surface area (Å²) in [7, 11) is 0. The molecule has 1 heterocycles. The highest BCUT2D eigenvalue weighted by Gasteiger charge is 2.38. The van der Waals surface area contributed by atoms with Crippen LogP contribution in [0.4, 0.5) is 24.5 Å². The van der Waals surface area contributed by atoms with Crippen molar-refractivity contribution in [1.29, 1.82) is 0 Å². The largest absolute Gasteiger partial charge is 0.471 e. The minimum Gasteiger partial charge on any atom is -0.368 e. The first-order valence-electron chi connectivity index (χ1n) is 7.82. The second-order valence-electron chi connectivity index (χ2n) is 5.62. The van der Waals surface area contributed by atoms with Gasteiger partial charge in [0.05, 0.1) is 0 Å². The molecule has 132 valence electrons. The molecule has 24 heavy (non-hydrogen) atoms. The van der Waals surface area contributed by atoms with Crippen LogP contribution in [0.25, 0.3) is 0 Å². The summed E-state index contributed by atoms with van der Waals surface area (Å²) in [5.41, 5.74) is 0.945. The van der Waals surface area contributed by atoms with E-state index in [9.17, 15) is 22.8 Å². The lowest BCUT2D eigenvalue weighted by atomic mass is 10.2. The van der Waals surface area contributed by atoms with Crippen LogP contribution in [0.5, 0.6) is 0 Å². The quantitative estimate of drug-likeness (QED) is 0.914. The first-order valence-corrected chi connectivity index (χ1v) is 7.82. The smallest absolute Gasteiger partial charge is 0.368 e. The number of piperazine rings is 1. The van der Waals surface area contributed by atoms with E-state index in [-0.39, 0.29) is 11.6 Å². The number of rotatable bonds is 4. The highest BCUT2D eigenvalue weighted by Crippen LogP contribution is 2.22. The Morgan fingerprint density at radius 2 is 1.67 bits per heavy atom. The second kappa shape index (κ2) is 7.55. The van der Waals surface area contributed by atoms with Crippen LogP contribution in [-0.4, -0.2) is 49.1 Å². The van der Waals surface area contributed by atoms with Crippen molar-refractivity contribution >= 4 is 23.2 Å². The van der Waals surface area contributed by atoms with E-state index in [1.165, 1.54) is 12.1 Å². The summed E-state index contributed by atoms with van der Waals surface area (Å²) in [6.07, 6.45) is -3.53. The van der Waals surface area contributed by atoms with E-state index in [4.69, 9.17) is 0 Å². The van der Waals surface area contributed by atoms with Crippen LogP contribution in [0.3, 0.4) is 0 Å². The Kier molecular flexibility index (Phi) is 5.69. The summed E-state index contributed by atoms with van der Waals surface area (Å²) in [5, 5.41) is 1.81. The van der Waals surface area contributed by atoms with Crippen LogP contribution in [0, 0.1) is 0 Å². The van der Waals surface area contributed by atoms with Gasteiger partial charge in [-0.3, -0.25) is 9.59 Å². The normalized spacial score (nSPS) is 15.3. The number of nitrogens with zero attached hydrogens (tertiary/aromatic N) is 2. The Morgan fingerprint density at radius 1 is 1.08 bits per heavy atom. The predicted octanol–water partition coefficient (Wildman–Crippen LogP) is 2.64. The van der Waals surface area contributed by atoms with Gasteiger partial charge in [-0.15, -0.1) is 0 Å². The number of carbonyl (C=O) groups excluding carboxylic acids is 2. The molecule has 0 atom stereocenters. The number of alkyl halides is 3. The van der Waals surface area contributed by atoms with Crippen LogP contribution < -0.4 is 10.2 Å². The molecule has 0 bridgehead atoms. The lowest BCUT2D eigenvalue weighted by Crippen LogP contribution is -2.48. The lowest BCUT2D eigenvalue weighted by molar-refractivity contribution is -0.167. The Bertz CT molecular complexity index is 579. The Morgan fingerprint density at radius 3 is 2.17 bits per heavy atom. The molecule has 0 aliphatic carbocycles. The van der Waals surface area contributed by atoms with Crippen LogP contribution >= 0.6 is 0 Å².